The molecule has 5 heteroatoms. The topological polar surface area (TPSA) is 35.6 Å². The average Bonchev–Trinajstić information content (AvgIpc) is 2.70. The van der Waals surface area contributed by atoms with Gasteiger partial charge in [0.05, 0.1) is 11.6 Å². The third-order valence-corrected chi connectivity index (χ3v) is 5.21. The fraction of sp³-hybridized carbons (Fsp3) is 0.273. The van der Waals surface area contributed by atoms with E-state index < -0.39 is 0 Å². The molecule has 140 valence electrons. The number of thiocarbonyl (C=S) groups is 1. The molecular weight excluding hydrogens is 354 g/mol. The van der Waals surface area contributed by atoms with Gasteiger partial charge in [0.25, 0.3) is 5.91 Å². The number of para-hydroxylation sites is 1. The van der Waals surface area contributed by atoms with Crippen molar-refractivity contribution in [1.82, 2.24) is 10.2 Å². The fourth-order valence-electron chi connectivity index (χ4n) is 3.48. The van der Waals surface area contributed by atoms with Crippen molar-refractivity contribution in [2.24, 2.45) is 0 Å². The highest BCUT2D eigenvalue weighted by atomic mass is 32.1. The highest BCUT2D eigenvalue weighted by Crippen LogP contribution is 2.34. The highest BCUT2D eigenvalue weighted by molar-refractivity contribution is 7.80. The number of nitrogens with one attached hydrogen (secondary N) is 1. The zero-order chi connectivity index (χ0) is 19.4. The Balaban J connectivity index is 2.15. The van der Waals surface area contributed by atoms with Crippen molar-refractivity contribution >= 4 is 28.9 Å². The molecule has 27 heavy (non-hydrogen) atoms. The van der Waals surface area contributed by atoms with Crippen LogP contribution >= 0.6 is 12.2 Å². The molecule has 1 unspecified atom stereocenters. The molecule has 1 atom stereocenters. The van der Waals surface area contributed by atoms with Crippen LogP contribution in [-0.4, -0.2) is 29.0 Å². The summed E-state index contributed by atoms with van der Waals surface area (Å²) in [4.78, 5) is 17.2. The summed E-state index contributed by atoms with van der Waals surface area (Å²) in [6.07, 6.45) is 0. The second kappa shape index (κ2) is 8.35. The fourth-order valence-corrected chi connectivity index (χ4v) is 3.84. The Kier molecular flexibility index (Phi) is 5.91. The normalized spacial score (nSPS) is 16.9. The Morgan fingerprint density at radius 1 is 1.04 bits per heavy atom. The van der Waals surface area contributed by atoms with Gasteiger partial charge in [-0.05, 0) is 50.7 Å². The van der Waals surface area contributed by atoms with Gasteiger partial charge in [-0.3, -0.25) is 9.69 Å². The Bertz CT molecular complexity index is 844. The molecule has 0 aromatic heterocycles. The van der Waals surface area contributed by atoms with Crippen molar-refractivity contribution in [1.29, 1.82) is 0 Å². The van der Waals surface area contributed by atoms with E-state index in [0.29, 0.717) is 18.2 Å². The van der Waals surface area contributed by atoms with Crippen LogP contribution in [-0.2, 0) is 4.79 Å². The van der Waals surface area contributed by atoms with Crippen LogP contribution in [0.2, 0.25) is 0 Å². The van der Waals surface area contributed by atoms with Crippen molar-refractivity contribution in [3.05, 3.63) is 77.5 Å². The standard InChI is InChI=1S/C22H25N3OS/c1-4-24(5-2)21(26)19-16(3)25(18-14-10-7-11-15-18)22(27)23-20(19)17-12-8-6-9-13-17/h6-15,20H,4-5H2,1-3H3,(H,23,27). The lowest BCUT2D eigenvalue weighted by molar-refractivity contribution is -0.127. The number of carbonyl (C=O) groups is 1. The summed E-state index contributed by atoms with van der Waals surface area (Å²) < 4.78 is 0. The van der Waals surface area contributed by atoms with Crippen LogP contribution in [0.1, 0.15) is 32.4 Å². The van der Waals surface area contributed by atoms with E-state index in [1.807, 2.05) is 91.2 Å². The molecule has 0 saturated carbocycles. The Morgan fingerprint density at radius 2 is 1.59 bits per heavy atom. The van der Waals surface area contributed by atoms with E-state index in [2.05, 4.69) is 5.32 Å². The van der Waals surface area contributed by atoms with Gasteiger partial charge in [0.15, 0.2) is 5.11 Å². The number of hydrogen-bond acceptors (Lipinski definition) is 2. The van der Waals surface area contributed by atoms with Crippen LogP contribution in [0.25, 0.3) is 0 Å². The Morgan fingerprint density at radius 3 is 2.15 bits per heavy atom. The molecule has 0 spiro atoms. The Hall–Kier alpha value is -2.66. The smallest absolute Gasteiger partial charge is 0.253 e. The summed E-state index contributed by atoms with van der Waals surface area (Å²) in [5.41, 5.74) is 3.59. The van der Waals surface area contributed by atoms with E-state index in [-0.39, 0.29) is 11.9 Å². The van der Waals surface area contributed by atoms with Gasteiger partial charge < -0.3 is 10.2 Å². The molecular formula is C22H25N3OS. The number of amides is 1. The molecule has 2 aromatic carbocycles. The summed E-state index contributed by atoms with van der Waals surface area (Å²) in [6, 6.07) is 19.7. The third-order valence-electron chi connectivity index (χ3n) is 4.91. The summed E-state index contributed by atoms with van der Waals surface area (Å²) in [5.74, 6) is 0.0438. The van der Waals surface area contributed by atoms with Crippen LogP contribution in [0.15, 0.2) is 71.9 Å². The molecule has 1 amide bonds. The second-order valence-electron chi connectivity index (χ2n) is 6.44. The van der Waals surface area contributed by atoms with Crippen molar-refractivity contribution in [2.75, 3.05) is 18.0 Å². The van der Waals surface area contributed by atoms with Crippen molar-refractivity contribution in [3.8, 4) is 0 Å². The number of carbonyl (C=O) groups excluding carboxylic acids is 1. The van der Waals surface area contributed by atoms with E-state index in [0.717, 1.165) is 22.5 Å². The first kappa shape index (κ1) is 19.1. The molecule has 1 N–H and O–H groups in total. The van der Waals surface area contributed by atoms with Gasteiger partial charge in [-0.25, -0.2) is 0 Å². The summed E-state index contributed by atoms with van der Waals surface area (Å²) in [6.45, 7) is 7.33. The number of allylic oxidation sites excluding steroid dienone is 1. The Labute approximate surface area is 166 Å². The quantitative estimate of drug-likeness (QED) is 0.787. The third kappa shape index (κ3) is 3.74. The number of rotatable bonds is 5. The van der Waals surface area contributed by atoms with E-state index in [4.69, 9.17) is 12.2 Å². The molecule has 2 aromatic rings. The van der Waals surface area contributed by atoms with Crippen molar-refractivity contribution in [3.63, 3.8) is 0 Å². The van der Waals surface area contributed by atoms with Gasteiger partial charge in [-0.1, -0.05) is 48.5 Å². The van der Waals surface area contributed by atoms with E-state index in [9.17, 15) is 4.79 Å². The predicted octanol–water partition coefficient (Wildman–Crippen LogP) is 4.26. The maximum atomic E-state index is 13.4. The summed E-state index contributed by atoms with van der Waals surface area (Å²) in [5, 5.41) is 4.00. The minimum absolute atomic E-state index is 0.0438. The monoisotopic (exact) mass is 379 g/mol. The minimum atomic E-state index is -0.258. The van der Waals surface area contributed by atoms with E-state index >= 15 is 0 Å². The molecule has 4 nitrogen and oxygen atoms in total. The number of anilines is 1. The lowest BCUT2D eigenvalue weighted by Crippen LogP contribution is -2.50. The van der Waals surface area contributed by atoms with Crippen molar-refractivity contribution in [2.45, 2.75) is 26.8 Å². The van der Waals surface area contributed by atoms with Gasteiger partial charge in [-0.2, -0.15) is 0 Å². The lowest BCUT2D eigenvalue weighted by atomic mass is 9.93. The van der Waals surface area contributed by atoms with E-state index in [1.165, 1.54) is 0 Å². The second-order valence-corrected chi connectivity index (χ2v) is 6.83. The number of likely N-dealkylation sites (N-methyl/N-ethyl adjacent to an activating group) is 1. The first-order chi connectivity index (χ1) is 13.1. The van der Waals surface area contributed by atoms with Crippen molar-refractivity contribution < 1.29 is 4.79 Å². The summed E-state index contributed by atoms with van der Waals surface area (Å²) >= 11 is 5.68. The first-order valence-corrected chi connectivity index (χ1v) is 9.69. The highest BCUT2D eigenvalue weighted by Gasteiger charge is 2.35. The number of hydrogen-bond donors (Lipinski definition) is 1. The molecule has 0 aliphatic carbocycles. The molecule has 1 aliphatic heterocycles. The largest absolute Gasteiger partial charge is 0.351 e. The first-order valence-electron chi connectivity index (χ1n) is 9.29. The molecule has 0 fully saturated rings. The van der Waals surface area contributed by atoms with Crippen LogP contribution in [0.3, 0.4) is 0 Å². The lowest BCUT2D eigenvalue weighted by Gasteiger charge is -2.39. The SMILES string of the molecule is CCN(CC)C(=O)C1=C(C)N(c2ccccc2)C(=S)NC1c1ccccc1. The van der Waals surface area contributed by atoms with Crippen LogP contribution in [0.4, 0.5) is 5.69 Å². The van der Waals surface area contributed by atoms with Crippen LogP contribution < -0.4 is 10.2 Å². The van der Waals surface area contributed by atoms with Gasteiger partial charge in [-0.15, -0.1) is 0 Å². The van der Waals surface area contributed by atoms with Crippen LogP contribution in [0, 0.1) is 0 Å². The summed E-state index contributed by atoms with van der Waals surface area (Å²) in [7, 11) is 0. The van der Waals surface area contributed by atoms with Gasteiger partial charge in [0.2, 0.25) is 0 Å². The number of nitrogens with zero attached hydrogens (tertiary/aromatic N) is 2. The molecule has 0 bridgehead atoms. The molecule has 1 heterocycles. The minimum Gasteiger partial charge on any atom is -0.351 e. The molecule has 0 radical (unpaired) electrons. The van der Waals surface area contributed by atoms with Gasteiger partial charge in [0.1, 0.15) is 0 Å². The van der Waals surface area contributed by atoms with Gasteiger partial charge >= 0.3 is 0 Å². The van der Waals surface area contributed by atoms with E-state index in [1.54, 1.807) is 0 Å². The predicted molar refractivity (Wildman–Crippen MR) is 114 cm³/mol. The maximum Gasteiger partial charge on any atom is 0.253 e. The maximum absolute atomic E-state index is 13.4. The molecule has 1 aliphatic rings. The molecule has 0 saturated heterocycles. The van der Waals surface area contributed by atoms with Gasteiger partial charge in [0, 0.05) is 24.5 Å². The molecule has 3 rings (SSSR count). The van der Waals surface area contributed by atoms with Crippen LogP contribution in [0.5, 0.6) is 0 Å². The zero-order valence-corrected chi connectivity index (χ0v) is 16.8. The number of benzene rings is 2. The average molecular weight is 380 g/mol. The zero-order valence-electron chi connectivity index (χ0n) is 16.0.